The monoisotopic (exact) mass is 319 g/mol. The van der Waals surface area contributed by atoms with E-state index in [1.807, 2.05) is 11.9 Å². The minimum atomic E-state index is -0.744. The molecule has 0 unspecified atom stereocenters. The summed E-state index contributed by atoms with van der Waals surface area (Å²) < 4.78 is 33.6. The summed E-state index contributed by atoms with van der Waals surface area (Å²) in [6, 6.07) is 3.58. The number of hydrogen-bond acceptors (Lipinski definition) is 6. The summed E-state index contributed by atoms with van der Waals surface area (Å²) >= 11 is 0. The van der Waals surface area contributed by atoms with Gasteiger partial charge in [-0.3, -0.25) is 4.90 Å². The molecule has 0 spiro atoms. The minimum absolute atomic E-state index is 0.0399. The Bertz CT molecular complexity index is 746. The lowest BCUT2D eigenvalue weighted by Crippen LogP contribution is -2.47. The van der Waals surface area contributed by atoms with Crippen molar-refractivity contribution in [3.05, 3.63) is 41.0 Å². The average molecular weight is 319 g/mol. The van der Waals surface area contributed by atoms with Crippen LogP contribution in [0.4, 0.5) is 14.5 Å². The van der Waals surface area contributed by atoms with E-state index in [0.29, 0.717) is 31.3 Å². The van der Waals surface area contributed by atoms with Crippen LogP contribution in [0.2, 0.25) is 0 Å². The molecule has 0 saturated carbocycles. The van der Waals surface area contributed by atoms with Gasteiger partial charge in [0, 0.05) is 19.6 Å². The fourth-order valence-corrected chi connectivity index (χ4v) is 2.72. The molecular weight excluding hydrogens is 304 g/mol. The topological polar surface area (TPSA) is 69.2 Å². The van der Waals surface area contributed by atoms with Gasteiger partial charge in [-0.25, -0.2) is 8.78 Å². The first-order valence-corrected chi connectivity index (χ1v) is 7.14. The summed E-state index contributed by atoms with van der Waals surface area (Å²) in [5.41, 5.74) is -0.166. The third-order valence-corrected chi connectivity index (χ3v) is 3.94. The van der Waals surface area contributed by atoms with E-state index in [0.717, 1.165) is 12.1 Å². The number of nitrogens with zero attached hydrogens (tertiary/aromatic N) is 5. The van der Waals surface area contributed by atoms with Gasteiger partial charge in [0.05, 0.1) is 11.6 Å². The summed E-state index contributed by atoms with van der Waals surface area (Å²) in [4.78, 5) is 7.82. The zero-order chi connectivity index (χ0) is 16.6. The molecule has 3 rings (SSSR count). The predicted octanol–water partition coefficient (Wildman–Crippen LogP) is 2.02. The number of aryl methyl sites for hydroxylation is 1. The van der Waals surface area contributed by atoms with Gasteiger partial charge < -0.3 is 9.42 Å². The number of rotatable bonds is 2. The first kappa shape index (κ1) is 15.4. The van der Waals surface area contributed by atoms with Crippen molar-refractivity contribution in [1.29, 1.82) is 5.26 Å². The summed E-state index contributed by atoms with van der Waals surface area (Å²) in [5, 5.41) is 12.6. The molecule has 0 aliphatic carbocycles. The van der Waals surface area contributed by atoms with Gasteiger partial charge >= 0.3 is 0 Å². The van der Waals surface area contributed by atoms with Crippen LogP contribution in [-0.4, -0.2) is 41.7 Å². The lowest BCUT2D eigenvalue weighted by Gasteiger charge is -2.39. The van der Waals surface area contributed by atoms with E-state index in [2.05, 4.69) is 10.1 Å². The molecular formula is C15H15F2N5O. The third-order valence-electron chi connectivity index (χ3n) is 3.94. The highest BCUT2D eigenvalue weighted by Crippen LogP contribution is 2.30. The molecule has 0 N–H and O–H groups in total. The van der Waals surface area contributed by atoms with Gasteiger partial charge in [0.15, 0.2) is 17.5 Å². The second kappa shape index (κ2) is 5.93. The van der Waals surface area contributed by atoms with Crippen LogP contribution in [0.15, 0.2) is 16.7 Å². The van der Waals surface area contributed by atoms with Gasteiger partial charge in [-0.2, -0.15) is 10.2 Å². The predicted molar refractivity (Wildman–Crippen MR) is 77.7 cm³/mol. The number of likely N-dealkylation sites (N-methyl/N-ethyl adjacent to an activating group) is 1. The van der Waals surface area contributed by atoms with Crippen molar-refractivity contribution in [2.45, 2.75) is 13.0 Å². The van der Waals surface area contributed by atoms with E-state index in [1.54, 1.807) is 17.9 Å². The van der Waals surface area contributed by atoms with Crippen molar-refractivity contribution in [2.24, 2.45) is 0 Å². The van der Waals surface area contributed by atoms with E-state index in [9.17, 15) is 8.78 Å². The van der Waals surface area contributed by atoms with Crippen molar-refractivity contribution in [3.8, 4) is 6.07 Å². The molecule has 1 saturated heterocycles. The SMILES string of the molecule is Cc1noc([C@H]2CN(c3c(F)cc(C#N)cc3F)CCN2C)n1. The fraction of sp³-hybridized carbons (Fsp3) is 0.400. The van der Waals surface area contributed by atoms with Crippen LogP contribution in [0, 0.1) is 29.9 Å². The minimum Gasteiger partial charge on any atom is -0.363 e. The highest BCUT2D eigenvalue weighted by atomic mass is 19.1. The Morgan fingerprint density at radius 2 is 2.00 bits per heavy atom. The van der Waals surface area contributed by atoms with Gasteiger partial charge in [-0.05, 0) is 26.1 Å². The van der Waals surface area contributed by atoms with E-state index in [-0.39, 0.29) is 17.3 Å². The van der Waals surface area contributed by atoms with Gasteiger partial charge in [0.1, 0.15) is 11.7 Å². The second-order valence-corrected chi connectivity index (χ2v) is 5.52. The second-order valence-electron chi connectivity index (χ2n) is 5.52. The Balaban J connectivity index is 1.91. The third kappa shape index (κ3) is 2.87. The molecule has 120 valence electrons. The van der Waals surface area contributed by atoms with Crippen LogP contribution in [0.3, 0.4) is 0 Å². The van der Waals surface area contributed by atoms with E-state index >= 15 is 0 Å². The highest BCUT2D eigenvalue weighted by molar-refractivity contribution is 5.53. The first-order chi connectivity index (χ1) is 11.0. The zero-order valence-electron chi connectivity index (χ0n) is 12.8. The molecule has 0 bridgehead atoms. The fourth-order valence-electron chi connectivity index (χ4n) is 2.72. The van der Waals surface area contributed by atoms with Gasteiger partial charge in [-0.1, -0.05) is 5.16 Å². The maximum Gasteiger partial charge on any atom is 0.245 e. The van der Waals surface area contributed by atoms with Crippen LogP contribution in [0.1, 0.15) is 23.3 Å². The normalized spacial score (nSPS) is 18.9. The van der Waals surface area contributed by atoms with Crippen LogP contribution in [-0.2, 0) is 0 Å². The average Bonchev–Trinajstić information content (AvgIpc) is 2.94. The van der Waals surface area contributed by atoms with Crippen molar-refractivity contribution in [2.75, 3.05) is 31.6 Å². The molecule has 1 fully saturated rings. The highest BCUT2D eigenvalue weighted by Gasteiger charge is 2.32. The largest absolute Gasteiger partial charge is 0.363 e. The van der Waals surface area contributed by atoms with Crippen LogP contribution >= 0.6 is 0 Å². The molecule has 1 atom stereocenters. The maximum absolute atomic E-state index is 14.2. The molecule has 1 aliphatic heterocycles. The molecule has 6 nitrogen and oxygen atoms in total. The summed E-state index contributed by atoms with van der Waals surface area (Å²) in [6.07, 6.45) is 0. The number of nitriles is 1. The molecule has 23 heavy (non-hydrogen) atoms. The van der Waals surface area contributed by atoms with Crippen LogP contribution in [0.5, 0.6) is 0 Å². The smallest absolute Gasteiger partial charge is 0.245 e. The van der Waals surface area contributed by atoms with Crippen molar-refractivity contribution >= 4 is 5.69 Å². The molecule has 0 radical (unpaired) electrons. The number of piperazine rings is 1. The zero-order valence-corrected chi connectivity index (χ0v) is 12.8. The lowest BCUT2D eigenvalue weighted by molar-refractivity contribution is 0.177. The molecule has 0 amide bonds. The van der Waals surface area contributed by atoms with Gasteiger partial charge in [0.2, 0.25) is 5.89 Å². The summed E-state index contributed by atoms with van der Waals surface area (Å²) in [5.74, 6) is -0.552. The maximum atomic E-state index is 14.2. The number of aromatic nitrogens is 2. The van der Waals surface area contributed by atoms with E-state index in [1.165, 1.54) is 0 Å². The standard InChI is InChI=1S/C15H15F2N5O/c1-9-19-15(23-20-9)13-8-22(4-3-21(13)2)14-11(16)5-10(7-18)6-12(14)17/h5-6,13H,3-4,8H2,1-2H3/t13-/m1/s1. The summed E-state index contributed by atoms with van der Waals surface area (Å²) in [6.45, 7) is 3.08. The molecule has 1 aromatic heterocycles. The van der Waals surface area contributed by atoms with Gasteiger partial charge in [0.25, 0.3) is 0 Å². The number of halogens is 2. The van der Waals surface area contributed by atoms with Crippen molar-refractivity contribution < 1.29 is 13.3 Å². The lowest BCUT2D eigenvalue weighted by atomic mass is 10.1. The van der Waals surface area contributed by atoms with E-state index in [4.69, 9.17) is 9.78 Å². The number of benzene rings is 1. The van der Waals surface area contributed by atoms with Crippen molar-refractivity contribution in [1.82, 2.24) is 15.0 Å². The molecule has 2 aromatic rings. The quantitative estimate of drug-likeness (QED) is 0.843. The molecule has 1 aromatic carbocycles. The van der Waals surface area contributed by atoms with Crippen molar-refractivity contribution in [3.63, 3.8) is 0 Å². The number of hydrogen-bond donors (Lipinski definition) is 0. The first-order valence-electron chi connectivity index (χ1n) is 7.14. The van der Waals surface area contributed by atoms with E-state index < -0.39 is 11.6 Å². The Morgan fingerprint density at radius 1 is 1.30 bits per heavy atom. The van der Waals surface area contributed by atoms with Crippen LogP contribution < -0.4 is 4.90 Å². The molecule has 1 aliphatic rings. The molecule has 2 heterocycles. The van der Waals surface area contributed by atoms with Gasteiger partial charge in [-0.15, -0.1) is 0 Å². The molecule has 8 heteroatoms. The Hall–Kier alpha value is -2.53. The Morgan fingerprint density at radius 3 is 2.57 bits per heavy atom. The Labute approximate surface area is 131 Å². The Kier molecular flexibility index (Phi) is 3.96. The summed E-state index contributed by atoms with van der Waals surface area (Å²) in [7, 11) is 1.90. The van der Waals surface area contributed by atoms with Crippen LogP contribution in [0.25, 0.3) is 0 Å². The number of anilines is 1.